The lowest BCUT2D eigenvalue weighted by Gasteiger charge is -2.22. The van der Waals surface area contributed by atoms with Crippen LogP contribution in [0.25, 0.3) is 0 Å². The number of rotatable bonds is 13. The number of benzene rings is 2. The zero-order valence-electron chi connectivity index (χ0n) is 18.8. The Morgan fingerprint density at radius 3 is 2.22 bits per heavy atom. The highest BCUT2D eigenvalue weighted by atomic mass is 19.4. The minimum Gasteiger partial charge on any atom is -0.494 e. The van der Waals surface area contributed by atoms with Crippen LogP contribution in [-0.4, -0.2) is 17.6 Å². The number of unbranched alkanes of at least 4 members (excludes halogenated alkanes) is 5. The first-order valence-electron chi connectivity index (χ1n) is 11.1. The van der Waals surface area contributed by atoms with Gasteiger partial charge in [0.2, 0.25) is 0 Å². The third kappa shape index (κ3) is 9.30. The number of hydroxylamine groups is 2. The Morgan fingerprint density at radius 1 is 0.906 bits per heavy atom. The first-order chi connectivity index (χ1) is 15.3. The van der Waals surface area contributed by atoms with Crippen molar-refractivity contribution in [2.75, 3.05) is 6.61 Å². The number of hydrogen-bond donors (Lipinski definition) is 0. The highest BCUT2D eigenvalue weighted by Gasteiger charge is 2.33. The predicted molar refractivity (Wildman–Crippen MR) is 118 cm³/mol. The van der Waals surface area contributed by atoms with Crippen LogP contribution in [0.1, 0.15) is 69.1 Å². The van der Waals surface area contributed by atoms with Crippen LogP contribution in [0.2, 0.25) is 0 Å². The van der Waals surface area contributed by atoms with Crippen molar-refractivity contribution >= 4 is 5.97 Å². The van der Waals surface area contributed by atoms with Gasteiger partial charge in [-0.15, -0.1) is 5.06 Å². The lowest BCUT2D eigenvalue weighted by Crippen LogP contribution is -2.27. The van der Waals surface area contributed by atoms with Gasteiger partial charge in [0.05, 0.1) is 25.3 Å². The summed E-state index contributed by atoms with van der Waals surface area (Å²) >= 11 is 0. The molecule has 0 aliphatic heterocycles. The van der Waals surface area contributed by atoms with Crippen molar-refractivity contribution in [1.29, 1.82) is 0 Å². The van der Waals surface area contributed by atoms with Gasteiger partial charge in [-0.3, -0.25) is 4.79 Å². The standard InChI is InChI=1S/C25H32F3NO3/c1-3-4-5-6-7-10-17-31-23-15-13-21(14-16-23)18-29(32-20(2)30)19-22-11-8-9-12-24(22)25(26,27)28/h8-9,11-16H,3-7,10,17-19H2,1-2H3. The van der Waals surface area contributed by atoms with Crippen molar-refractivity contribution < 1.29 is 27.5 Å². The summed E-state index contributed by atoms with van der Waals surface area (Å²) in [4.78, 5) is 16.7. The molecule has 0 unspecified atom stereocenters. The molecule has 4 nitrogen and oxygen atoms in total. The third-order valence-electron chi connectivity index (χ3n) is 4.98. The molecule has 7 heteroatoms. The molecule has 0 bridgehead atoms. The second kappa shape index (κ2) is 13.1. The fourth-order valence-corrected chi connectivity index (χ4v) is 3.39. The third-order valence-corrected chi connectivity index (χ3v) is 4.98. The van der Waals surface area contributed by atoms with Crippen LogP contribution in [0.4, 0.5) is 13.2 Å². The molecule has 2 aromatic rings. The van der Waals surface area contributed by atoms with E-state index in [9.17, 15) is 18.0 Å². The number of carbonyl (C=O) groups is 1. The van der Waals surface area contributed by atoms with Crippen LogP contribution in [0, 0.1) is 0 Å². The van der Waals surface area contributed by atoms with E-state index in [1.807, 2.05) is 24.3 Å². The summed E-state index contributed by atoms with van der Waals surface area (Å²) in [5.74, 6) is 0.150. The first kappa shape index (κ1) is 25.7. The fourth-order valence-electron chi connectivity index (χ4n) is 3.39. The molecule has 0 saturated carbocycles. The van der Waals surface area contributed by atoms with Gasteiger partial charge in [-0.05, 0) is 35.7 Å². The summed E-state index contributed by atoms with van der Waals surface area (Å²) in [6, 6.07) is 12.6. The van der Waals surface area contributed by atoms with Crippen LogP contribution in [0.3, 0.4) is 0 Å². The second-order valence-corrected chi connectivity index (χ2v) is 7.80. The number of halogens is 3. The lowest BCUT2D eigenvalue weighted by molar-refractivity contribution is -0.194. The van der Waals surface area contributed by atoms with Crippen molar-refractivity contribution in [1.82, 2.24) is 5.06 Å². The van der Waals surface area contributed by atoms with Crippen molar-refractivity contribution in [3.8, 4) is 5.75 Å². The molecule has 0 spiro atoms. The van der Waals surface area contributed by atoms with Gasteiger partial charge in [0.15, 0.2) is 0 Å². The van der Waals surface area contributed by atoms with E-state index >= 15 is 0 Å². The molecule has 2 aromatic carbocycles. The zero-order valence-corrected chi connectivity index (χ0v) is 18.8. The number of ether oxygens (including phenoxy) is 1. The molecular weight excluding hydrogens is 419 g/mol. The highest BCUT2D eigenvalue weighted by Crippen LogP contribution is 2.32. The summed E-state index contributed by atoms with van der Waals surface area (Å²) < 4.78 is 45.7. The maximum absolute atomic E-state index is 13.3. The van der Waals surface area contributed by atoms with Gasteiger partial charge in [-0.1, -0.05) is 69.4 Å². The summed E-state index contributed by atoms with van der Waals surface area (Å²) in [6.07, 6.45) is 2.66. The van der Waals surface area contributed by atoms with Gasteiger partial charge in [0.1, 0.15) is 5.75 Å². The van der Waals surface area contributed by atoms with Gasteiger partial charge in [0.25, 0.3) is 0 Å². The van der Waals surface area contributed by atoms with Crippen molar-refractivity contribution in [3.63, 3.8) is 0 Å². The van der Waals surface area contributed by atoms with Gasteiger partial charge in [-0.2, -0.15) is 13.2 Å². The molecule has 0 radical (unpaired) electrons. The molecule has 0 aliphatic rings. The normalized spacial score (nSPS) is 11.6. The van der Waals surface area contributed by atoms with Gasteiger partial charge in [-0.25, -0.2) is 0 Å². The Kier molecular flexibility index (Phi) is 10.5. The van der Waals surface area contributed by atoms with Crippen LogP contribution in [0.15, 0.2) is 48.5 Å². The fraction of sp³-hybridized carbons (Fsp3) is 0.480. The zero-order chi connectivity index (χ0) is 23.4. The van der Waals surface area contributed by atoms with Crippen molar-refractivity contribution in [3.05, 3.63) is 65.2 Å². The molecule has 0 aliphatic carbocycles. The summed E-state index contributed by atoms with van der Waals surface area (Å²) in [5, 5.41) is 1.24. The molecule has 0 fully saturated rings. The molecule has 0 aromatic heterocycles. The minimum absolute atomic E-state index is 0.0418. The van der Waals surface area contributed by atoms with E-state index in [0.717, 1.165) is 30.2 Å². The van der Waals surface area contributed by atoms with Crippen LogP contribution >= 0.6 is 0 Å². The van der Waals surface area contributed by atoms with E-state index in [1.165, 1.54) is 55.9 Å². The molecule has 2 rings (SSSR count). The molecule has 0 saturated heterocycles. The molecular formula is C25H32F3NO3. The topological polar surface area (TPSA) is 38.8 Å². The maximum atomic E-state index is 13.3. The van der Waals surface area contributed by atoms with E-state index < -0.39 is 17.7 Å². The van der Waals surface area contributed by atoms with Crippen LogP contribution < -0.4 is 4.74 Å². The average Bonchev–Trinajstić information content (AvgIpc) is 2.73. The number of carbonyl (C=O) groups excluding carboxylic acids is 1. The summed E-state index contributed by atoms with van der Waals surface area (Å²) in [6.45, 7) is 4.05. The number of hydrogen-bond acceptors (Lipinski definition) is 4. The molecule has 176 valence electrons. The maximum Gasteiger partial charge on any atom is 0.416 e. The second-order valence-electron chi connectivity index (χ2n) is 7.80. The van der Waals surface area contributed by atoms with Crippen molar-refractivity contribution in [2.45, 2.75) is 71.6 Å². The number of nitrogens with zero attached hydrogens (tertiary/aromatic N) is 1. The molecule has 32 heavy (non-hydrogen) atoms. The Labute approximate surface area is 188 Å². The SMILES string of the molecule is CCCCCCCCOc1ccc(CN(Cc2ccccc2C(F)(F)F)OC(C)=O)cc1. The molecule has 0 amide bonds. The minimum atomic E-state index is -4.48. The monoisotopic (exact) mass is 451 g/mol. The molecule has 0 atom stereocenters. The Hall–Kier alpha value is -2.54. The molecule has 0 N–H and O–H groups in total. The summed E-state index contributed by atoms with van der Waals surface area (Å²) in [7, 11) is 0. The quantitative estimate of drug-likeness (QED) is 0.245. The van der Waals surface area contributed by atoms with E-state index in [0.29, 0.717) is 6.61 Å². The van der Waals surface area contributed by atoms with E-state index in [1.54, 1.807) is 0 Å². The first-order valence-corrected chi connectivity index (χ1v) is 11.1. The highest BCUT2D eigenvalue weighted by molar-refractivity contribution is 5.65. The number of alkyl halides is 3. The predicted octanol–water partition coefficient (Wildman–Crippen LogP) is 6.93. The smallest absolute Gasteiger partial charge is 0.416 e. The van der Waals surface area contributed by atoms with E-state index in [-0.39, 0.29) is 18.7 Å². The van der Waals surface area contributed by atoms with Gasteiger partial charge < -0.3 is 9.57 Å². The molecule has 0 heterocycles. The van der Waals surface area contributed by atoms with E-state index in [4.69, 9.17) is 9.57 Å². The average molecular weight is 452 g/mol. The van der Waals surface area contributed by atoms with Crippen LogP contribution in [0.5, 0.6) is 5.75 Å². The van der Waals surface area contributed by atoms with Gasteiger partial charge in [0, 0.05) is 6.92 Å². The largest absolute Gasteiger partial charge is 0.494 e. The summed E-state index contributed by atoms with van der Waals surface area (Å²) in [5.41, 5.74) is 0.0957. The Morgan fingerprint density at radius 2 is 1.56 bits per heavy atom. The lowest BCUT2D eigenvalue weighted by atomic mass is 10.1. The van der Waals surface area contributed by atoms with Crippen LogP contribution in [-0.2, 0) is 28.9 Å². The van der Waals surface area contributed by atoms with Crippen molar-refractivity contribution in [2.24, 2.45) is 0 Å². The van der Waals surface area contributed by atoms with Gasteiger partial charge >= 0.3 is 12.1 Å². The Bertz CT molecular complexity index is 822. The Balaban J connectivity index is 1.93. The van der Waals surface area contributed by atoms with E-state index in [2.05, 4.69) is 6.92 Å².